The first-order valence-corrected chi connectivity index (χ1v) is 8.82. The molecule has 0 bridgehead atoms. The fraction of sp³-hybridized carbons (Fsp3) is 0.350. The van der Waals surface area contributed by atoms with Gasteiger partial charge in [-0.1, -0.05) is 0 Å². The number of alkyl halides is 2. The molecule has 2 atom stereocenters. The lowest BCUT2D eigenvalue weighted by Crippen LogP contribution is -2.48. The number of nitrogens with zero attached hydrogens (tertiary/aromatic N) is 2. The van der Waals surface area contributed by atoms with Crippen LogP contribution >= 0.6 is 0 Å². The van der Waals surface area contributed by atoms with E-state index in [1.165, 1.54) is 19.1 Å². The van der Waals surface area contributed by atoms with E-state index in [9.17, 15) is 26.7 Å². The lowest BCUT2D eigenvalue weighted by molar-refractivity contribution is 0.0988. The first-order valence-electron chi connectivity index (χ1n) is 8.82. The minimum atomic E-state index is -2.43. The average molecular weight is 411 g/mol. The molecule has 1 aliphatic rings. The van der Waals surface area contributed by atoms with E-state index in [1.54, 1.807) is 0 Å². The Balaban J connectivity index is 1.96. The summed E-state index contributed by atoms with van der Waals surface area (Å²) in [6.07, 6.45) is 0.0919. The van der Waals surface area contributed by atoms with Gasteiger partial charge in [-0.15, -0.1) is 0 Å². The van der Waals surface area contributed by atoms with E-state index in [4.69, 9.17) is 5.73 Å². The first-order chi connectivity index (χ1) is 13.6. The van der Waals surface area contributed by atoms with E-state index in [0.29, 0.717) is 0 Å². The fourth-order valence-electron chi connectivity index (χ4n) is 3.28. The second kappa shape index (κ2) is 7.53. The van der Waals surface area contributed by atoms with Gasteiger partial charge in [0.2, 0.25) is 0 Å². The molecule has 0 saturated carbocycles. The Bertz CT molecular complexity index is 979. The van der Waals surface area contributed by atoms with Crippen LogP contribution in [0.15, 0.2) is 35.5 Å². The van der Waals surface area contributed by atoms with Gasteiger partial charge in [-0.25, -0.2) is 22.0 Å². The van der Waals surface area contributed by atoms with Gasteiger partial charge in [0.05, 0.1) is 11.7 Å². The lowest BCUT2D eigenvalue weighted by atomic mass is 9.80. The summed E-state index contributed by atoms with van der Waals surface area (Å²) in [4.78, 5) is 19.9. The van der Waals surface area contributed by atoms with Crippen molar-refractivity contribution in [1.82, 2.24) is 4.98 Å². The van der Waals surface area contributed by atoms with E-state index in [1.807, 2.05) is 0 Å². The molecule has 29 heavy (non-hydrogen) atoms. The molecule has 1 aliphatic heterocycles. The minimum absolute atomic E-state index is 0.0333. The average Bonchev–Trinajstić information content (AvgIpc) is 2.68. The highest BCUT2D eigenvalue weighted by molar-refractivity contribution is 5.95. The molecule has 0 aliphatic carbocycles. The van der Waals surface area contributed by atoms with Crippen molar-refractivity contribution in [2.24, 2.45) is 10.7 Å². The number of ketones is 1. The number of nitrogens with two attached hydrogens (primary N) is 1. The molecule has 9 heteroatoms. The third-order valence-corrected chi connectivity index (χ3v) is 5.09. The minimum Gasteiger partial charge on any atom is -0.385 e. The summed E-state index contributed by atoms with van der Waals surface area (Å²) in [5, 5.41) is 0. The van der Waals surface area contributed by atoms with Gasteiger partial charge in [0.25, 0.3) is 0 Å². The number of aromatic nitrogens is 1. The van der Waals surface area contributed by atoms with Crippen LogP contribution in [-0.4, -0.2) is 28.9 Å². The highest BCUT2D eigenvalue weighted by atomic mass is 19.2. The van der Waals surface area contributed by atoms with Crippen molar-refractivity contribution in [3.05, 3.63) is 64.7 Å². The van der Waals surface area contributed by atoms with Crippen LogP contribution < -0.4 is 5.73 Å². The van der Waals surface area contributed by atoms with Gasteiger partial charge < -0.3 is 5.73 Å². The molecule has 0 saturated heterocycles. The molecule has 0 fully saturated rings. The Morgan fingerprint density at radius 2 is 1.93 bits per heavy atom. The first kappa shape index (κ1) is 20.9. The maximum atomic E-state index is 14.5. The van der Waals surface area contributed by atoms with Crippen molar-refractivity contribution >= 4 is 11.6 Å². The zero-order valence-corrected chi connectivity index (χ0v) is 15.5. The van der Waals surface area contributed by atoms with Gasteiger partial charge >= 0.3 is 0 Å². The predicted molar refractivity (Wildman–Crippen MR) is 96.6 cm³/mol. The van der Waals surface area contributed by atoms with Crippen molar-refractivity contribution in [1.29, 1.82) is 0 Å². The molecule has 0 radical (unpaired) electrons. The number of rotatable bonds is 5. The van der Waals surface area contributed by atoms with Crippen molar-refractivity contribution in [3.8, 4) is 0 Å². The Morgan fingerprint density at radius 3 is 2.52 bits per heavy atom. The molecule has 3 rings (SSSR count). The molecule has 0 unspecified atom stereocenters. The van der Waals surface area contributed by atoms with Crippen LogP contribution in [0.1, 0.15) is 41.4 Å². The van der Waals surface area contributed by atoms with Crippen LogP contribution in [0.3, 0.4) is 0 Å². The number of hydrogen-bond donors (Lipinski definition) is 1. The number of pyridine rings is 1. The van der Waals surface area contributed by atoms with Crippen LogP contribution in [0.2, 0.25) is 0 Å². The Labute approximate surface area is 163 Å². The number of carbonyl (C=O) groups excluding carboxylic acids is 1. The Morgan fingerprint density at radius 1 is 1.21 bits per heavy atom. The topological polar surface area (TPSA) is 68.3 Å². The molecular weight excluding hydrogens is 393 g/mol. The number of amidine groups is 1. The van der Waals surface area contributed by atoms with E-state index in [-0.39, 0.29) is 36.1 Å². The number of hydrogen-bond acceptors (Lipinski definition) is 4. The van der Waals surface area contributed by atoms with Gasteiger partial charge in [0.15, 0.2) is 23.1 Å². The molecule has 2 heterocycles. The standard InChI is InChI=1S/C20H18F5N3O/c1-19(4-5-20(25,10-21)18(26)28-19)13-6-11(7-14(23)17(13)24)8-16(29)15-3-2-12(22)9-27-15/h2-3,6-7,9H,4-5,8,10H2,1H3,(H2,26,28)/t19-,20+/m0/s1. The molecule has 1 aromatic heterocycles. The van der Waals surface area contributed by atoms with Crippen molar-refractivity contribution < 1.29 is 26.7 Å². The quantitative estimate of drug-likeness (QED) is 0.598. The number of halogens is 5. The summed E-state index contributed by atoms with van der Waals surface area (Å²) >= 11 is 0. The molecule has 1 aromatic carbocycles. The van der Waals surface area contributed by atoms with E-state index in [0.717, 1.165) is 18.3 Å². The normalized spacial score (nSPS) is 24.3. The van der Waals surface area contributed by atoms with Crippen LogP contribution in [0.25, 0.3) is 0 Å². The van der Waals surface area contributed by atoms with Crippen LogP contribution in [-0.2, 0) is 12.0 Å². The Hall–Kier alpha value is -2.84. The highest BCUT2D eigenvalue weighted by Gasteiger charge is 2.45. The van der Waals surface area contributed by atoms with Crippen molar-refractivity contribution in [3.63, 3.8) is 0 Å². The summed E-state index contributed by atoms with van der Waals surface area (Å²) in [5.41, 5.74) is 1.59. The van der Waals surface area contributed by atoms with Crippen LogP contribution in [0, 0.1) is 17.5 Å². The van der Waals surface area contributed by atoms with E-state index < -0.39 is 47.0 Å². The lowest BCUT2D eigenvalue weighted by Gasteiger charge is -2.36. The van der Waals surface area contributed by atoms with Crippen LogP contribution in [0.5, 0.6) is 0 Å². The zero-order chi connectivity index (χ0) is 21.4. The van der Waals surface area contributed by atoms with E-state index in [2.05, 4.69) is 9.98 Å². The summed E-state index contributed by atoms with van der Waals surface area (Å²) in [7, 11) is 0. The van der Waals surface area contributed by atoms with Gasteiger partial charge in [-0.2, -0.15) is 0 Å². The number of benzene rings is 1. The van der Waals surface area contributed by atoms with Gasteiger partial charge in [-0.05, 0) is 49.6 Å². The number of aliphatic imine (C=N–C) groups is 1. The second-order valence-electron chi connectivity index (χ2n) is 7.27. The Kier molecular flexibility index (Phi) is 5.42. The molecule has 4 nitrogen and oxygen atoms in total. The molecule has 2 aromatic rings. The van der Waals surface area contributed by atoms with Crippen LogP contribution in [0.4, 0.5) is 22.0 Å². The second-order valence-corrected chi connectivity index (χ2v) is 7.27. The maximum Gasteiger partial charge on any atom is 0.195 e. The van der Waals surface area contributed by atoms with E-state index >= 15 is 0 Å². The third kappa shape index (κ3) is 3.99. The van der Waals surface area contributed by atoms with Crippen molar-refractivity contribution in [2.75, 3.05) is 6.67 Å². The molecule has 0 spiro atoms. The van der Waals surface area contributed by atoms with Gasteiger partial charge in [0.1, 0.15) is 24.0 Å². The van der Waals surface area contributed by atoms with Gasteiger partial charge in [0, 0.05) is 12.0 Å². The summed E-state index contributed by atoms with van der Waals surface area (Å²) in [5.74, 6) is -4.18. The monoisotopic (exact) mass is 411 g/mol. The highest BCUT2D eigenvalue weighted by Crippen LogP contribution is 2.41. The molecule has 154 valence electrons. The molecule has 0 amide bonds. The molecule has 2 N–H and O–H groups in total. The SMILES string of the molecule is C[C@@]1(c2cc(CC(=O)c3ccc(F)cn3)cc(F)c2F)CC[C@@](F)(CF)C(N)=N1. The fourth-order valence-corrected chi connectivity index (χ4v) is 3.28. The largest absolute Gasteiger partial charge is 0.385 e. The number of Topliss-reactive ketones (excluding diaryl/α,β-unsaturated/α-hetero) is 1. The van der Waals surface area contributed by atoms with Gasteiger partial charge in [-0.3, -0.25) is 14.8 Å². The molecular formula is C20H18F5N3O. The number of carbonyl (C=O) groups is 1. The third-order valence-electron chi connectivity index (χ3n) is 5.09. The maximum absolute atomic E-state index is 14.5. The summed E-state index contributed by atoms with van der Waals surface area (Å²) < 4.78 is 69.0. The predicted octanol–water partition coefficient (Wildman–Crippen LogP) is 3.97. The zero-order valence-electron chi connectivity index (χ0n) is 15.5. The summed E-state index contributed by atoms with van der Waals surface area (Å²) in [6.45, 7) is 0.0666. The smallest absolute Gasteiger partial charge is 0.195 e. The van der Waals surface area contributed by atoms with Crippen molar-refractivity contribution in [2.45, 2.75) is 37.4 Å². The summed E-state index contributed by atoms with van der Waals surface area (Å²) in [6, 6.07) is 4.35.